The molecule has 0 bridgehead atoms. The molecule has 0 spiro atoms. The number of fused-ring (bicyclic) bond motifs is 2. The molecule has 0 saturated heterocycles. The van der Waals surface area contributed by atoms with E-state index in [1.165, 1.54) is 5.56 Å². The molecule has 6 heteroatoms. The van der Waals surface area contributed by atoms with Crippen LogP contribution in [0.15, 0.2) is 23.0 Å². The minimum absolute atomic E-state index is 0.00203. The van der Waals surface area contributed by atoms with Crippen molar-refractivity contribution in [3.63, 3.8) is 0 Å². The summed E-state index contributed by atoms with van der Waals surface area (Å²) < 4.78 is 0. The van der Waals surface area contributed by atoms with E-state index in [4.69, 9.17) is 0 Å². The lowest BCUT2D eigenvalue weighted by Gasteiger charge is -2.20. The van der Waals surface area contributed by atoms with Crippen LogP contribution in [0.25, 0.3) is 10.9 Å². The van der Waals surface area contributed by atoms with Gasteiger partial charge in [0.05, 0.1) is 16.8 Å². The number of aromatic nitrogens is 3. The number of H-pyrrole nitrogens is 2. The topological polar surface area (TPSA) is 81.8 Å². The standard InChI is InChI=1S/C20H22N4O2/c1-11-12(2)21-18-14(11)5-4-6-16(18)20(26)24-9-7-15-17(8-10-24)22-13(3)23-19(15)25/h4-6,21H,7-10H2,1-3H3,(H,22,23,25). The van der Waals surface area contributed by atoms with Gasteiger partial charge in [0, 0.05) is 36.2 Å². The molecule has 0 unspecified atom stereocenters. The Morgan fingerprint density at radius 2 is 1.88 bits per heavy atom. The monoisotopic (exact) mass is 350 g/mol. The van der Waals surface area contributed by atoms with Crippen LogP contribution in [0.4, 0.5) is 0 Å². The number of para-hydroxylation sites is 1. The summed E-state index contributed by atoms with van der Waals surface area (Å²) in [5.74, 6) is 0.619. The maximum Gasteiger partial charge on any atom is 0.256 e. The number of nitrogens with one attached hydrogen (secondary N) is 2. The molecule has 0 radical (unpaired) electrons. The zero-order valence-electron chi connectivity index (χ0n) is 15.3. The molecular weight excluding hydrogens is 328 g/mol. The fraction of sp³-hybridized carbons (Fsp3) is 0.350. The molecule has 4 rings (SSSR count). The van der Waals surface area contributed by atoms with E-state index in [2.05, 4.69) is 21.9 Å². The van der Waals surface area contributed by atoms with Crippen LogP contribution in [0.3, 0.4) is 0 Å². The van der Waals surface area contributed by atoms with Crippen molar-refractivity contribution >= 4 is 16.8 Å². The first-order valence-electron chi connectivity index (χ1n) is 8.91. The van der Waals surface area contributed by atoms with Crippen LogP contribution in [-0.2, 0) is 12.8 Å². The molecule has 134 valence electrons. The summed E-state index contributed by atoms with van der Waals surface area (Å²) in [6.45, 7) is 6.95. The average Bonchev–Trinajstić information content (AvgIpc) is 2.79. The number of aromatic amines is 2. The number of nitrogens with zero attached hydrogens (tertiary/aromatic N) is 2. The molecule has 2 aromatic heterocycles. The SMILES string of the molecule is Cc1nc2c(c(=O)[nH]1)CCN(C(=O)c1cccc3c(C)c(C)[nH]c13)CC2. The van der Waals surface area contributed by atoms with Crippen LogP contribution >= 0.6 is 0 Å². The van der Waals surface area contributed by atoms with Gasteiger partial charge in [0.1, 0.15) is 5.82 Å². The van der Waals surface area contributed by atoms with Crippen LogP contribution in [0.2, 0.25) is 0 Å². The van der Waals surface area contributed by atoms with E-state index in [1.54, 1.807) is 6.92 Å². The van der Waals surface area contributed by atoms with Gasteiger partial charge in [0.25, 0.3) is 11.5 Å². The van der Waals surface area contributed by atoms with Gasteiger partial charge in [-0.2, -0.15) is 0 Å². The quantitative estimate of drug-likeness (QED) is 0.707. The minimum Gasteiger partial charge on any atom is -0.358 e. The van der Waals surface area contributed by atoms with Crippen LogP contribution in [-0.4, -0.2) is 38.8 Å². The van der Waals surface area contributed by atoms with E-state index in [9.17, 15) is 9.59 Å². The number of benzene rings is 1. The van der Waals surface area contributed by atoms with E-state index in [-0.39, 0.29) is 11.5 Å². The number of hydrogen-bond acceptors (Lipinski definition) is 3. The summed E-state index contributed by atoms with van der Waals surface area (Å²) in [5, 5.41) is 1.08. The largest absolute Gasteiger partial charge is 0.358 e. The number of hydrogen-bond donors (Lipinski definition) is 2. The molecule has 26 heavy (non-hydrogen) atoms. The van der Waals surface area contributed by atoms with Crippen molar-refractivity contribution in [3.8, 4) is 0 Å². The average molecular weight is 350 g/mol. The molecule has 0 saturated carbocycles. The Labute approximate surface area is 151 Å². The summed E-state index contributed by atoms with van der Waals surface area (Å²) in [5.41, 5.74) is 5.25. The Balaban J connectivity index is 1.67. The smallest absolute Gasteiger partial charge is 0.256 e. The van der Waals surface area contributed by atoms with Crippen molar-refractivity contribution in [2.24, 2.45) is 0 Å². The van der Waals surface area contributed by atoms with Crippen LogP contribution in [0.5, 0.6) is 0 Å². The second-order valence-electron chi connectivity index (χ2n) is 6.97. The third kappa shape index (κ3) is 2.62. The van der Waals surface area contributed by atoms with Crippen LogP contribution in [0, 0.1) is 20.8 Å². The Bertz CT molecular complexity index is 1080. The van der Waals surface area contributed by atoms with Crippen molar-refractivity contribution in [3.05, 3.63) is 62.5 Å². The Hall–Kier alpha value is -2.89. The predicted octanol–water partition coefficient (Wildman–Crippen LogP) is 2.42. The van der Waals surface area contributed by atoms with Gasteiger partial charge in [0.15, 0.2) is 0 Å². The summed E-state index contributed by atoms with van der Waals surface area (Å²) >= 11 is 0. The maximum absolute atomic E-state index is 13.2. The summed E-state index contributed by atoms with van der Waals surface area (Å²) in [7, 11) is 0. The minimum atomic E-state index is -0.0838. The van der Waals surface area contributed by atoms with Gasteiger partial charge in [-0.25, -0.2) is 4.98 Å². The van der Waals surface area contributed by atoms with Gasteiger partial charge in [-0.1, -0.05) is 12.1 Å². The van der Waals surface area contributed by atoms with Gasteiger partial charge in [-0.3, -0.25) is 9.59 Å². The molecule has 2 N–H and O–H groups in total. The predicted molar refractivity (Wildman–Crippen MR) is 101 cm³/mol. The molecule has 1 amide bonds. The molecule has 1 aliphatic heterocycles. The molecule has 1 aliphatic rings. The maximum atomic E-state index is 13.2. The normalized spacial score (nSPS) is 14.3. The first kappa shape index (κ1) is 16.6. The molecule has 1 aromatic carbocycles. The zero-order valence-corrected chi connectivity index (χ0v) is 15.3. The Morgan fingerprint density at radius 3 is 2.69 bits per heavy atom. The number of carbonyl (C=O) groups is 1. The van der Waals surface area contributed by atoms with Gasteiger partial charge in [0.2, 0.25) is 0 Å². The third-order valence-electron chi connectivity index (χ3n) is 5.33. The fourth-order valence-corrected chi connectivity index (χ4v) is 3.77. The van der Waals surface area contributed by atoms with Crippen molar-refractivity contribution in [2.75, 3.05) is 13.1 Å². The second-order valence-corrected chi connectivity index (χ2v) is 6.97. The lowest BCUT2D eigenvalue weighted by Crippen LogP contribution is -2.33. The highest BCUT2D eigenvalue weighted by Gasteiger charge is 2.24. The van der Waals surface area contributed by atoms with Gasteiger partial charge >= 0.3 is 0 Å². The first-order valence-corrected chi connectivity index (χ1v) is 8.91. The Morgan fingerprint density at radius 1 is 1.12 bits per heavy atom. The van der Waals surface area contributed by atoms with Gasteiger partial charge in [-0.05, 0) is 38.8 Å². The van der Waals surface area contributed by atoms with Gasteiger partial charge in [-0.15, -0.1) is 0 Å². The van der Waals surface area contributed by atoms with E-state index in [0.717, 1.165) is 22.3 Å². The van der Waals surface area contributed by atoms with Crippen LogP contribution < -0.4 is 5.56 Å². The van der Waals surface area contributed by atoms with Crippen molar-refractivity contribution in [1.29, 1.82) is 0 Å². The molecular formula is C20H22N4O2. The number of rotatable bonds is 1. The number of amides is 1. The molecule has 3 heterocycles. The van der Waals surface area contributed by atoms with Crippen molar-refractivity contribution in [2.45, 2.75) is 33.6 Å². The molecule has 3 aromatic rings. The highest BCUT2D eigenvalue weighted by Crippen LogP contribution is 2.25. The lowest BCUT2D eigenvalue weighted by molar-refractivity contribution is 0.0764. The van der Waals surface area contributed by atoms with E-state index >= 15 is 0 Å². The molecule has 0 aliphatic carbocycles. The van der Waals surface area contributed by atoms with Crippen molar-refractivity contribution in [1.82, 2.24) is 19.9 Å². The highest BCUT2D eigenvalue weighted by molar-refractivity contribution is 6.06. The number of aryl methyl sites for hydroxylation is 3. The number of carbonyl (C=O) groups excluding carboxylic acids is 1. The van der Waals surface area contributed by atoms with Crippen molar-refractivity contribution < 1.29 is 4.79 Å². The summed E-state index contributed by atoms with van der Waals surface area (Å²) in [6, 6.07) is 5.83. The molecule has 0 fully saturated rings. The Kier molecular flexibility index (Phi) is 3.90. The zero-order chi connectivity index (χ0) is 18.4. The first-order chi connectivity index (χ1) is 12.5. The van der Waals surface area contributed by atoms with E-state index in [0.29, 0.717) is 42.9 Å². The molecule has 6 nitrogen and oxygen atoms in total. The van der Waals surface area contributed by atoms with E-state index in [1.807, 2.05) is 30.0 Å². The van der Waals surface area contributed by atoms with Gasteiger partial charge < -0.3 is 14.9 Å². The second kappa shape index (κ2) is 6.12. The van der Waals surface area contributed by atoms with E-state index < -0.39 is 0 Å². The third-order valence-corrected chi connectivity index (χ3v) is 5.33. The lowest BCUT2D eigenvalue weighted by atomic mass is 10.1. The highest BCUT2D eigenvalue weighted by atomic mass is 16.2. The summed E-state index contributed by atoms with van der Waals surface area (Å²) in [6.07, 6.45) is 1.13. The summed E-state index contributed by atoms with van der Waals surface area (Å²) in [4.78, 5) is 37.8. The fourth-order valence-electron chi connectivity index (χ4n) is 3.77. The molecule has 0 atom stereocenters. The van der Waals surface area contributed by atoms with Crippen LogP contribution in [0.1, 0.15) is 38.7 Å².